The third kappa shape index (κ3) is 8.50. The van der Waals surface area contributed by atoms with Crippen LogP contribution >= 0.6 is 11.8 Å². The van der Waals surface area contributed by atoms with Crippen LogP contribution in [0.25, 0.3) is 0 Å². The van der Waals surface area contributed by atoms with Crippen LogP contribution in [0, 0.1) is 0 Å². The summed E-state index contributed by atoms with van der Waals surface area (Å²) in [6.07, 6.45) is 0.718. The lowest BCUT2D eigenvalue weighted by Crippen LogP contribution is -2.27. The summed E-state index contributed by atoms with van der Waals surface area (Å²) in [6.45, 7) is 8.67. The van der Waals surface area contributed by atoms with Gasteiger partial charge in [0, 0.05) is 17.9 Å². The van der Waals surface area contributed by atoms with Gasteiger partial charge in [0.2, 0.25) is 0 Å². The molecule has 1 aromatic rings. The number of nitrogens with one attached hydrogen (secondary N) is 2. The smallest absolute Gasteiger partial charge is 0.412 e. The van der Waals surface area contributed by atoms with Crippen molar-refractivity contribution < 1.29 is 9.53 Å². The van der Waals surface area contributed by atoms with Gasteiger partial charge in [0.1, 0.15) is 5.60 Å². The molecule has 1 aromatic carbocycles. The summed E-state index contributed by atoms with van der Waals surface area (Å²) < 4.78 is 5.21. The Bertz CT molecular complexity index is 427. The van der Waals surface area contributed by atoms with Crippen LogP contribution in [0.4, 0.5) is 16.2 Å². The van der Waals surface area contributed by atoms with Crippen molar-refractivity contribution in [3.8, 4) is 0 Å². The van der Waals surface area contributed by atoms with Crippen LogP contribution in [0.3, 0.4) is 0 Å². The summed E-state index contributed by atoms with van der Waals surface area (Å²) in [5.41, 5.74) is 1.31. The van der Waals surface area contributed by atoms with E-state index in [-0.39, 0.29) is 0 Å². The minimum Gasteiger partial charge on any atom is -0.444 e. The summed E-state index contributed by atoms with van der Waals surface area (Å²) >= 11 is 1.96. The van der Waals surface area contributed by atoms with Crippen LogP contribution in [-0.4, -0.2) is 29.7 Å². The van der Waals surface area contributed by atoms with Crippen molar-refractivity contribution in [1.29, 1.82) is 0 Å². The van der Waals surface area contributed by atoms with Crippen LogP contribution < -0.4 is 10.6 Å². The lowest BCUT2D eigenvalue weighted by Gasteiger charge is -2.19. The maximum absolute atomic E-state index is 11.6. The van der Waals surface area contributed by atoms with Gasteiger partial charge in [0.05, 0.1) is 0 Å². The average molecular weight is 310 g/mol. The fourth-order valence-corrected chi connectivity index (χ4v) is 2.28. The fourth-order valence-electron chi connectivity index (χ4n) is 1.64. The zero-order valence-electron chi connectivity index (χ0n) is 13.4. The molecule has 2 N–H and O–H groups in total. The Hall–Kier alpha value is -1.36. The molecule has 0 atom stereocenters. The van der Waals surface area contributed by atoms with Crippen molar-refractivity contribution in [2.75, 3.05) is 28.7 Å². The van der Waals surface area contributed by atoms with Crippen LogP contribution in [0.1, 0.15) is 34.1 Å². The van der Waals surface area contributed by atoms with Gasteiger partial charge in [-0.25, -0.2) is 4.79 Å². The van der Waals surface area contributed by atoms with Crippen LogP contribution in [0.2, 0.25) is 0 Å². The van der Waals surface area contributed by atoms with E-state index in [1.807, 2.05) is 56.8 Å². The number of carbonyl (C=O) groups excluding carboxylic acids is 1. The number of hydrogen-bond acceptors (Lipinski definition) is 4. The SMILES string of the molecule is CCSCCCNc1ccc(NC(=O)OC(C)(C)C)cc1. The molecule has 0 saturated heterocycles. The Balaban J connectivity index is 2.35. The summed E-state index contributed by atoms with van der Waals surface area (Å²) in [4.78, 5) is 11.6. The maximum atomic E-state index is 11.6. The number of carbonyl (C=O) groups is 1. The second kappa shape index (κ2) is 8.82. The Morgan fingerprint density at radius 3 is 2.38 bits per heavy atom. The second-order valence-corrected chi connectivity index (χ2v) is 7.08. The molecule has 0 unspecified atom stereocenters. The molecule has 0 aromatic heterocycles. The monoisotopic (exact) mass is 310 g/mol. The van der Waals surface area contributed by atoms with E-state index in [1.165, 1.54) is 11.5 Å². The van der Waals surface area contributed by atoms with Gasteiger partial charge in [-0.1, -0.05) is 6.92 Å². The molecule has 0 saturated carbocycles. The summed E-state index contributed by atoms with van der Waals surface area (Å²) in [7, 11) is 0. The molecule has 0 radical (unpaired) electrons. The molecule has 0 aliphatic heterocycles. The highest BCUT2D eigenvalue weighted by Crippen LogP contribution is 2.15. The Morgan fingerprint density at radius 2 is 1.81 bits per heavy atom. The molecule has 0 heterocycles. The number of benzene rings is 1. The van der Waals surface area contributed by atoms with Crippen LogP contribution in [0.5, 0.6) is 0 Å². The molecule has 21 heavy (non-hydrogen) atoms. The number of anilines is 2. The van der Waals surface area contributed by atoms with Crippen LogP contribution in [-0.2, 0) is 4.74 Å². The lowest BCUT2D eigenvalue weighted by molar-refractivity contribution is 0.0636. The minimum atomic E-state index is -0.484. The fraction of sp³-hybridized carbons (Fsp3) is 0.562. The number of rotatable bonds is 7. The van der Waals surface area contributed by atoms with Gasteiger partial charge < -0.3 is 10.1 Å². The van der Waals surface area contributed by atoms with Crippen molar-refractivity contribution in [3.63, 3.8) is 0 Å². The number of ether oxygens (including phenoxy) is 1. The van der Waals surface area contributed by atoms with E-state index in [0.29, 0.717) is 0 Å². The molecule has 0 aliphatic carbocycles. The molecule has 5 heteroatoms. The first-order chi connectivity index (χ1) is 9.90. The second-order valence-electron chi connectivity index (χ2n) is 5.68. The van der Waals surface area contributed by atoms with E-state index in [2.05, 4.69) is 17.6 Å². The molecular formula is C16H26N2O2S. The molecule has 1 amide bonds. The van der Waals surface area contributed by atoms with E-state index in [0.717, 1.165) is 24.3 Å². The van der Waals surface area contributed by atoms with E-state index < -0.39 is 11.7 Å². The van der Waals surface area contributed by atoms with Crippen molar-refractivity contribution >= 4 is 29.2 Å². The van der Waals surface area contributed by atoms with Gasteiger partial charge in [-0.15, -0.1) is 0 Å². The van der Waals surface area contributed by atoms with Crippen LogP contribution in [0.15, 0.2) is 24.3 Å². The molecule has 0 bridgehead atoms. The highest BCUT2D eigenvalue weighted by molar-refractivity contribution is 7.99. The Kier molecular flexibility index (Phi) is 7.43. The zero-order chi connectivity index (χ0) is 15.7. The van der Waals surface area contributed by atoms with Gasteiger partial charge >= 0.3 is 6.09 Å². The highest BCUT2D eigenvalue weighted by Gasteiger charge is 2.15. The zero-order valence-corrected chi connectivity index (χ0v) is 14.2. The largest absolute Gasteiger partial charge is 0.444 e. The lowest BCUT2D eigenvalue weighted by atomic mass is 10.2. The summed E-state index contributed by atoms with van der Waals surface area (Å²) in [6, 6.07) is 7.65. The van der Waals surface area contributed by atoms with Crippen molar-refractivity contribution in [2.24, 2.45) is 0 Å². The third-order valence-corrected chi connectivity index (χ3v) is 3.51. The first-order valence-corrected chi connectivity index (χ1v) is 8.48. The maximum Gasteiger partial charge on any atom is 0.412 e. The van der Waals surface area contributed by atoms with Gasteiger partial charge in [-0.3, -0.25) is 5.32 Å². The first kappa shape index (κ1) is 17.7. The Labute approximate surface area is 132 Å². The minimum absolute atomic E-state index is 0.431. The summed E-state index contributed by atoms with van der Waals surface area (Å²) in [5, 5.41) is 6.08. The standard InChI is InChI=1S/C16H26N2O2S/c1-5-21-12-6-11-17-13-7-9-14(10-8-13)18-15(19)20-16(2,3)4/h7-10,17H,5-6,11-12H2,1-4H3,(H,18,19). The molecular weight excluding hydrogens is 284 g/mol. The predicted octanol–water partition coefficient (Wildman–Crippen LogP) is 4.59. The Morgan fingerprint density at radius 1 is 1.19 bits per heavy atom. The summed E-state index contributed by atoms with van der Waals surface area (Å²) in [5.74, 6) is 2.35. The molecule has 118 valence electrons. The number of hydrogen-bond donors (Lipinski definition) is 2. The molecule has 1 rings (SSSR count). The normalized spacial score (nSPS) is 11.0. The number of thioether (sulfide) groups is 1. The van der Waals surface area contributed by atoms with Gasteiger partial charge in [-0.2, -0.15) is 11.8 Å². The van der Waals surface area contributed by atoms with Crippen molar-refractivity contribution in [1.82, 2.24) is 0 Å². The first-order valence-electron chi connectivity index (χ1n) is 7.32. The number of amides is 1. The van der Waals surface area contributed by atoms with Crippen molar-refractivity contribution in [2.45, 2.75) is 39.7 Å². The van der Waals surface area contributed by atoms with Gasteiger partial charge in [0.25, 0.3) is 0 Å². The quantitative estimate of drug-likeness (QED) is 0.723. The molecule has 4 nitrogen and oxygen atoms in total. The van der Waals surface area contributed by atoms with E-state index in [4.69, 9.17) is 4.74 Å². The third-order valence-electron chi connectivity index (χ3n) is 2.53. The highest BCUT2D eigenvalue weighted by atomic mass is 32.2. The molecule has 0 spiro atoms. The van der Waals surface area contributed by atoms with Gasteiger partial charge in [0.15, 0.2) is 0 Å². The van der Waals surface area contributed by atoms with E-state index in [1.54, 1.807) is 0 Å². The van der Waals surface area contributed by atoms with Crippen molar-refractivity contribution in [3.05, 3.63) is 24.3 Å². The van der Waals surface area contributed by atoms with E-state index >= 15 is 0 Å². The average Bonchev–Trinajstić information content (AvgIpc) is 2.38. The van der Waals surface area contributed by atoms with E-state index in [9.17, 15) is 4.79 Å². The topological polar surface area (TPSA) is 50.4 Å². The molecule has 0 aliphatic rings. The van der Waals surface area contributed by atoms with Gasteiger partial charge in [-0.05, 0) is 63.0 Å². The predicted molar refractivity (Wildman–Crippen MR) is 92.4 cm³/mol. The molecule has 0 fully saturated rings.